The Morgan fingerprint density at radius 1 is 1.18 bits per heavy atom. The summed E-state index contributed by atoms with van der Waals surface area (Å²) in [6.45, 7) is 1.47. The van der Waals surface area contributed by atoms with Gasteiger partial charge >= 0.3 is 0 Å². The van der Waals surface area contributed by atoms with E-state index < -0.39 is 0 Å². The van der Waals surface area contributed by atoms with E-state index in [-0.39, 0.29) is 17.9 Å². The predicted octanol–water partition coefficient (Wildman–Crippen LogP) is 1.03. The molecule has 2 aliphatic heterocycles. The molecule has 3 rings (SSSR count). The molecule has 0 aliphatic carbocycles. The first-order chi connectivity index (χ1) is 8.27. The van der Waals surface area contributed by atoms with Crippen molar-refractivity contribution in [3.8, 4) is 0 Å². The Morgan fingerprint density at radius 2 is 1.82 bits per heavy atom. The predicted molar refractivity (Wildman–Crippen MR) is 62.8 cm³/mol. The fraction of sp³-hybridized carbons (Fsp3) is 0.385. The zero-order valence-corrected chi connectivity index (χ0v) is 9.48. The van der Waals surface area contributed by atoms with Crippen molar-refractivity contribution >= 4 is 11.8 Å². The molecule has 2 amide bonds. The van der Waals surface area contributed by atoms with Crippen LogP contribution in [0.5, 0.6) is 0 Å². The monoisotopic (exact) mass is 230 g/mol. The molecule has 1 aromatic carbocycles. The van der Waals surface area contributed by atoms with Crippen molar-refractivity contribution in [1.82, 2.24) is 10.2 Å². The first-order valence-corrected chi connectivity index (χ1v) is 5.96. The van der Waals surface area contributed by atoms with Crippen LogP contribution in [-0.2, 0) is 0 Å². The average Bonchev–Trinajstić information content (AvgIpc) is 2.94. The summed E-state index contributed by atoms with van der Waals surface area (Å²) in [5.41, 5.74) is 1.07. The maximum Gasteiger partial charge on any atom is 0.261 e. The molecule has 0 saturated carbocycles. The lowest BCUT2D eigenvalue weighted by Gasteiger charge is -2.18. The van der Waals surface area contributed by atoms with E-state index in [1.807, 2.05) is 0 Å². The second kappa shape index (κ2) is 3.96. The third-order valence-electron chi connectivity index (χ3n) is 3.44. The highest BCUT2D eigenvalue weighted by molar-refractivity contribution is 6.21. The van der Waals surface area contributed by atoms with Crippen LogP contribution in [-0.4, -0.2) is 35.8 Å². The van der Waals surface area contributed by atoms with Gasteiger partial charge in [-0.15, -0.1) is 0 Å². The van der Waals surface area contributed by atoms with Crippen LogP contribution in [0.3, 0.4) is 0 Å². The van der Waals surface area contributed by atoms with Crippen molar-refractivity contribution in [2.75, 3.05) is 13.1 Å². The molecule has 0 aromatic heterocycles. The number of nitrogens with zero attached hydrogens (tertiary/aromatic N) is 1. The lowest BCUT2D eigenvalue weighted by molar-refractivity contribution is 0.0641. The summed E-state index contributed by atoms with van der Waals surface area (Å²) in [7, 11) is 0. The Labute approximate surface area is 99.6 Å². The summed E-state index contributed by atoms with van der Waals surface area (Å²) in [5.74, 6) is -0.307. The van der Waals surface area contributed by atoms with E-state index in [2.05, 4.69) is 5.32 Å². The molecule has 2 heterocycles. The molecule has 1 atom stereocenters. The van der Waals surface area contributed by atoms with Gasteiger partial charge in [-0.1, -0.05) is 12.1 Å². The lowest BCUT2D eigenvalue weighted by atomic mass is 10.1. The van der Waals surface area contributed by atoms with Crippen molar-refractivity contribution < 1.29 is 9.59 Å². The standard InChI is InChI=1S/C13H14N2O2/c16-12-10-5-1-2-6-11(10)13(17)15(12)8-9-4-3-7-14-9/h1-2,5-6,9,14H,3-4,7-8H2/t9-/m0/s1. The second-order valence-electron chi connectivity index (χ2n) is 4.56. The molecular formula is C13H14N2O2. The number of imide groups is 1. The van der Waals surface area contributed by atoms with Crippen molar-refractivity contribution in [3.63, 3.8) is 0 Å². The third kappa shape index (κ3) is 1.65. The minimum atomic E-state index is -0.153. The van der Waals surface area contributed by atoms with Gasteiger partial charge in [0.1, 0.15) is 0 Å². The highest BCUT2D eigenvalue weighted by atomic mass is 16.2. The highest BCUT2D eigenvalue weighted by Crippen LogP contribution is 2.23. The smallest absolute Gasteiger partial charge is 0.261 e. The van der Waals surface area contributed by atoms with Gasteiger partial charge in [-0.05, 0) is 31.5 Å². The normalized spacial score (nSPS) is 23.3. The van der Waals surface area contributed by atoms with Gasteiger partial charge in [0.25, 0.3) is 11.8 Å². The third-order valence-corrected chi connectivity index (χ3v) is 3.44. The van der Waals surface area contributed by atoms with Gasteiger partial charge in [-0.2, -0.15) is 0 Å². The maximum absolute atomic E-state index is 12.1. The van der Waals surface area contributed by atoms with Crippen LogP contribution in [0.25, 0.3) is 0 Å². The van der Waals surface area contributed by atoms with E-state index in [1.165, 1.54) is 4.90 Å². The number of rotatable bonds is 2. The number of carbonyl (C=O) groups is 2. The Hall–Kier alpha value is -1.68. The summed E-state index contributed by atoms with van der Waals surface area (Å²) < 4.78 is 0. The molecular weight excluding hydrogens is 216 g/mol. The van der Waals surface area contributed by atoms with Crippen LogP contribution in [0.1, 0.15) is 33.6 Å². The molecule has 0 unspecified atom stereocenters. The fourth-order valence-electron chi connectivity index (χ4n) is 2.54. The average molecular weight is 230 g/mol. The second-order valence-corrected chi connectivity index (χ2v) is 4.56. The van der Waals surface area contributed by atoms with Gasteiger partial charge in [-0.3, -0.25) is 14.5 Å². The van der Waals surface area contributed by atoms with Crippen LogP contribution < -0.4 is 5.32 Å². The number of fused-ring (bicyclic) bond motifs is 1. The number of hydrogen-bond donors (Lipinski definition) is 1. The summed E-state index contributed by atoms with van der Waals surface area (Å²) in [5, 5.41) is 3.31. The molecule has 1 fully saturated rings. The van der Waals surface area contributed by atoms with Gasteiger partial charge in [0.2, 0.25) is 0 Å². The van der Waals surface area contributed by atoms with Crippen molar-refractivity contribution in [3.05, 3.63) is 35.4 Å². The molecule has 0 radical (unpaired) electrons. The maximum atomic E-state index is 12.1. The molecule has 2 aliphatic rings. The summed E-state index contributed by atoms with van der Waals surface area (Å²) in [4.78, 5) is 25.5. The highest BCUT2D eigenvalue weighted by Gasteiger charge is 2.36. The fourth-order valence-corrected chi connectivity index (χ4v) is 2.54. The van der Waals surface area contributed by atoms with Gasteiger partial charge in [-0.25, -0.2) is 0 Å². The minimum Gasteiger partial charge on any atom is -0.312 e. The van der Waals surface area contributed by atoms with E-state index in [0.717, 1.165) is 19.4 Å². The lowest BCUT2D eigenvalue weighted by Crippen LogP contribution is -2.40. The zero-order chi connectivity index (χ0) is 11.8. The van der Waals surface area contributed by atoms with Crippen LogP contribution >= 0.6 is 0 Å². The molecule has 0 spiro atoms. The number of nitrogens with one attached hydrogen (secondary N) is 1. The number of amides is 2. The van der Waals surface area contributed by atoms with E-state index in [1.54, 1.807) is 24.3 Å². The summed E-state index contributed by atoms with van der Waals surface area (Å²) in [6, 6.07) is 7.29. The van der Waals surface area contributed by atoms with Crippen LogP contribution in [0.15, 0.2) is 24.3 Å². The van der Waals surface area contributed by atoms with Crippen LogP contribution in [0, 0.1) is 0 Å². The molecule has 1 saturated heterocycles. The zero-order valence-electron chi connectivity index (χ0n) is 9.48. The van der Waals surface area contributed by atoms with Crippen LogP contribution in [0.4, 0.5) is 0 Å². The van der Waals surface area contributed by atoms with E-state index in [4.69, 9.17) is 0 Å². The molecule has 17 heavy (non-hydrogen) atoms. The van der Waals surface area contributed by atoms with Crippen molar-refractivity contribution in [1.29, 1.82) is 0 Å². The number of benzene rings is 1. The number of hydrogen-bond acceptors (Lipinski definition) is 3. The van der Waals surface area contributed by atoms with Crippen molar-refractivity contribution in [2.24, 2.45) is 0 Å². The largest absolute Gasteiger partial charge is 0.312 e. The molecule has 0 bridgehead atoms. The Bertz CT molecular complexity index is 443. The quantitative estimate of drug-likeness (QED) is 0.772. The SMILES string of the molecule is O=C1c2ccccc2C(=O)N1C[C@@H]1CCCN1. The van der Waals surface area contributed by atoms with Gasteiger partial charge in [0, 0.05) is 12.6 Å². The number of carbonyl (C=O) groups excluding carboxylic acids is 2. The Morgan fingerprint density at radius 3 is 2.35 bits per heavy atom. The Kier molecular flexibility index (Phi) is 2.44. The topological polar surface area (TPSA) is 49.4 Å². The van der Waals surface area contributed by atoms with E-state index >= 15 is 0 Å². The van der Waals surface area contributed by atoms with E-state index in [0.29, 0.717) is 17.7 Å². The Balaban J connectivity index is 1.84. The molecule has 1 N–H and O–H groups in total. The first-order valence-electron chi connectivity index (χ1n) is 5.96. The molecule has 4 heteroatoms. The molecule has 88 valence electrons. The first kappa shape index (κ1) is 10.5. The summed E-state index contributed by atoms with van der Waals surface area (Å²) in [6.07, 6.45) is 2.15. The van der Waals surface area contributed by atoms with Gasteiger partial charge < -0.3 is 5.32 Å². The minimum absolute atomic E-state index is 0.153. The van der Waals surface area contributed by atoms with Crippen molar-refractivity contribution in [2.45, 2.75) is 18.9 Å². The van der Waals surface area contributed by atoms with Crippen LogP contribution in [0.2, 0.25) is 0 Å². The summed E-state index contributed by atoms with van der Waals surface area (Å²) >= 11 is 0. The molecule has 4 nitrogen and oxygen atoms in total. The van der Waals surface area contributed by atoms with Gasteiger partial charge in [0.15, 0.2) is 0 Å². The van der Waals surface area contributed by atoms with E-state index in [9.17, 15) is 9.59 Å². The van der Waals surface area contributed by atoms with Gasteiger partial charge in [0.05, 0.1) is 11.1 Å². The molecule has 1 aromatic rings.